The summed E-state index contributed by atoms with van der Waals surface area (Å²) in [6.45, 7) is 4.77. The Morgan fingerprint density at radius 1 is 1.06 bits per heavy atom. The van der Waals surface area contributed by atoms with Crippen LogP contribution < -0.4 is 10.6 Å². The van der Waals surface area contributed by atoms with Crippen LogP contribution in [0.15, 0.2) is 0 Å². The van der Waals surface area contributed by atoms with Crippen LogP contribution >= 0.6 is 0 Å². The summed E-state index contributed by atoms with van der Waals surface area (Å²) in [5.74, 6) is -1.06. The second-order valence-corrected chi connectivity index (χ2v) is 4.39. The summed E-state index contributed by atoms with van der Waals surface area (Å²) in [6.07, 6.45) is 2.62. The van der Waals surface area contributed by atoms with Crippen LogP contribution in [0.1, 0.15) is 39.5 Å². The molecule has 1 heterocycles. The molecule has 0 atom stereocenters. The van der Waals surface area contributed by atoms with Crippen LogP contribution in [0.3, 0.4) is 0 Å². The van der Waals surface area contributed by atoms with Gasteiger partial charge in [-0.2, -0.15) is 0 Å². The maximum atomic E-state index is 11.8. The van der Waals surface area contributed by atoms with Crippen LogP contribution in [0.2, 0.25) is 0 Å². The lowest BCUT2D eigenvalue weighted by atomic mass is 9.79. The molecule has 0 spiro atoms. The van der Waals surface area contributed by atoms with E-state index in [4.69, 9.17) is 4.74 Å². The van der Waals surface area contributed by atoms with Crippen molar-refractivity contribution in [3.8, 4) is 0 Å². The van der Waals surface area contributed by atoms with E-state index in [1.54, 1.807) is 6.92 Å². The molecule has 1 aliphatic rings. The van der Waals surface area contributed by atoms with Gasteiger partial charge in [0, 0.05) is 13.2 Å². The number of carbonyl (C=O) groups is 3. The first-order valence-electron chi connectivity index (χ1n) is 6.31. The molecule has 1 saturated heterocycles. The van der Waals surface area contributed by atoms with Crippen LogP contribution in [-0.4, -0.2) is 31.1 Å². The maximum Gasteiger partial charge on any atom is 0.328 e. The zero-order chi connectivity index (χ0) is 13.6. The molecule has 0 saturated carbocycles. The molecule has 0 aromatic heterocycles. The molecule has 18 heavy (non-hydrogen) atoms. The standard InChI is InChI=1S/C12H20N2O4/c1-3-5-7-18-8-6-12(4-2)9(15)13-11(17)14-10(12)16/h3-8H2,1-2H3,(H2,13,14,15,16,17). The van der Waals surface area contributed by atoms with Gasteiger partial charge in [-0.3, -0.25) is 20.2 Å². The Kier molecular flexibility index (Phi) is 5.27. The Labute approximate surface area is 106 Å². The third-order valence-corrected chi connectivity index (χ3v) is 3.24. The number of ether oxygens (including phenoxy) is 1. The van der Waals surface area contributed by atoms with Gasteiger partial charge in [0.1, 0.15) is 5.41 Å². The highest BCUT2D eigenvalue weighted by Crippen LogP contribution is 2.29. The van der Waals surface area contributed by atoms with Crippen LogP contribution in [0.25, 0.3) is 0 Å². The molecule has 0 aromatic carbocycles. The molecule has 2 N–H and O–H groups in total. The van der Waals surface area contributed by atoms with E-state index < -0.39 is 23.3 Å². The molecule has 1 fully saturated rings. The van der Waals surface area contributed by atoms with Gasteiger partial charge >= 0.3 is 6.03 Å². The predicted octanol–water partition coefficient (Wildman–Crippen LogP) is 0.956. The second-order valence-electron chi connectivity index (χ2n) is 4.39. The molecule has 0 bridgehead atoms. The van der Waals surface area contributed by atoms with Crippen LogP contribution in [0, 0.1) is 5.41 Å². The van der Waals surface area contributed by atoms with Crippen LogP contribution in [0.5, 0.6) is 0 Å². The number of barbiturate groups is 1. The van der Waals surface area contributed by atoms with Gasteiger partial charge in [0.25, 0.3) is 0 Å². The van der Waals surface area contributed by atoms with Crippen molar-refractivity contribution >= 4 is 17.8 Å². The monoisotopic (exact) mass is 256 g/mol. The summed E-state index contributed by atoms with van der Waals surface area (Å²) in [5, 5.41) is 4.28. The lowest BCUT2D eigenvalue weighted by Crippen LogP contribution is -2.62. The molecule has 0 unspecified atom stereocenters. The highest BCUT2D eigenvalue weighted by Gasteiger charge is 2.48. The summed E-state index contributed by atoms with van der Waals surface area (Å²) < 4.78 is 5.38. The van der Waals surface area contributed by atoms with Gasteiger partial charge in [-0.15, -0.1) is 0 Å². The number of imide groups is 2. The molecule has 0 radical (unpaired) electrons. The lowest BCUT2D eigenvalue weighted by Gasteiger charge is -2.32. The number of unbranched alkanes of at least 4 members (excludes halogenated alkanes) is 1. The molecule has 6 heteroatoms. The van der Waals surface area contributed by atoms with Gasteiger partial charge in [-0.1, -0.05) is 20.3 Å². The predicted molar refractivity (Wildman–Crippen MR) is 64.7 cm³/mol. The minimum absolute atomic E-state index is 0.290. The Morgan fingerprint density at radius 2 is 1.67 bits per heavy atom. The summed E-state index contributed by atoms with van der Waals surface area (Å²) in [7, 11) is 0. The molecule has 1 aliphatic heterocycles. The Bertz CT molecular complexity index is 321. The van der Waals surface area contributed by atoms with Crippen molar-refractivity contribution in [2.45, 2.75) is 39.5 Å². The fourth-order valence-electron chi connectivity index (χ4n) is 1.90. The number of urea groups is 1. The number of carbonyl (C=O) groups excluding carboxylic acids is 3. The normalized spacial score (nSPS) is 18.4. The smallest absolute Gasteiger partial charge is 0.328 e. The van der Waals surface area contributed by atoms with Gasteiger partial charge in [0.15, 0.2) is 0 Å². The first kappa shape index (κ1) is 14.6. The number of hydrogen-bond acceptors (Lipinski definition) is 4. The van der Waals surface area contributed by atoms with Gasteiger partial charge in [0.2, 0.25) is 11.8 Å². The average molecular weight is 256 g/mol. The van der Waals surface area contributed by atoms with E-state index in [1.165, 1.54) is 0 Å². The highest BCUT2D eigenvalue weighted by atomic mass is 16.5. The summed E-state index contributed by atoms with van der Waals surface area (Å²) in [6, 6.07) is -0.749. The minimum Gasteiger partial charge on any atom is -0.381 e. The summed E-state index contributed by atoms with van der Waals surface area (Å²) in [4.78, 5) is 34.7. The van der Waals surface area contributed by atoms with E-state index >= 15 is 0 Å². The van der Waals surface area contributed by atoms with E-state index in [9.17, 15) is 14.4 Å². The quantitative estimate of drug-likeness (QED) is 0.525. The minimum atomic E-state index is -1.18. The van der Waals surface area contributed by atoms with Crippen LogP contribution in [0.4, 0.5) is 4.79 Å². The average Bonchev–Trinajstić information content (AvgIpc) is 2.32. The fourth-order valence-corrected chi connectivity index (χ4v) is 1.90. The molecule has 0 aliphatic carbocycles. The molecule has 4 amide bonds. The van der Waals surface area contributed by atoms with Gasteiger partial charge in [-0.25, -0.2) is 4.79 Å². The molecular formula is C12H20N2O4. The Hall–Kier alpha value is -1.43. The highest BCUT2D eigenvalue weighted by molar-refractivity contribution is 6.19. The van der Waals surface area contributed by atoms with E-state index in [2.05, 4.69) is 17.6 Å². The topological polar surface area (TPSA) is 84.5 Å². The van der Waals surface area contributed by atoms with Crippen molar-refractivity contribution in [2.24, 2.45) is 5.41 Å². The van der Waals surface area contributed by atoms with Gasteiger partial charge in [-0.05, 0) is 19.3 Å². The molecule has 1 rings (SSSR count). The van der Waals surface area contributed by atoms with E-state index in [0.717, 1.165) is 12.8 Å². The number of hydrogen-bond donors (Lipinski definition) is 2. The third kappa shape index (κ3) is 3.07. The zero-order valence-electron chi connectivity index (χ0n) is 10.9. The number of nitrogens with one attached hydrogen (secondary N) is 2. The molecule has 0 aromatic rings. The van der Waals surface area contributed by atoms with E-state index in [1.807, 2.05) is 0 Å². The maximum absolute atomic E-state index is 11.8. The van der Waals surface area contributed by atoms with Crippen molar-refractivity contribution in [1.82, 2.24) is 10.6 Å². The number of rotatable bonds is 7. The largest absolute Gasteiger partial charge is 0.381 e. The summed E-state index contributed by atoms with van der Waals surface area (Å²) >= 11 is 0. The molecule has 6 nitrogen and oxygen atoms in total. The summed E-state index contributed by atoms with van der Waals surface area (Å²) in [5.41, 5.74) is -1.18. The Balaban J connectivity index is 2.58. The van der Waals surface area contributed by atoms with Crippen molar-refractivity contribution in [3.63, 3.8) is 0 Å². The molecule has 102 valence electrons. The number of amides is 4. The molecular weight excluding hydrogens is 236 g/mol. The van der Waals surface area contributed by atoms with Crippen molar-refractivity contribution in [2.75, 3.05) is 13.2 Å². The Morgan fingerprint density at radius 3 is 2.17 bits per heavy atom. The van der Waals surface area contributed by atoms with E-state index in [-0.39, 0.29) is 6.42 Å². The zero-order valence-corrected chi connectivity index (χ0v) is 10.9. The van der Waals surface area contributed by atoms with Crippen LogP contribution in [-0.2, 0) is 14.3 Å². The van der Waals surface area contributed by atoms with Crippen molar-refractivity contribution in [3.05, 3.63) is 0 Å². The fraction of sp³-hybridized carbons (Fsp3) is 0.750. The van der Waals surface area contributed by atoms with Gasteiger partial charge in [0.05, 0.1) is 0 Å². The second kappa shape index (κ2) is 6.49. The third-order valence-electron chi connectivity index (χ3n) is 3.24. The van der Waals surface area contributed by atoms with Crippen molar-refractivity contribution < 1.29 is 19.1 Å². The SMILES string of the molecule is CCCCOCCC1(CC)C(=O)NC(=O)NC1=O. The first-order chi connectivity index (χ1) is 8.56. The first-order valence-corrected chi connectivity index (χ1v) is 6.31. The van der Waals surface area contributed by atoms with E-state index in [0.29, 0.717) is 19.6 Å². The van der Waals surface area contributed by atoms with Gasteiger partial charge < -0.3 is 4.74 Å². The lowest BCUT2D eigenvalue weighted by molar-refractivity contribution is -0.146. The van der Waals surface area contributed by atoms with Crippen molar-refractivity contribution in [1.29, 1.82) is 0 Å².